The maximum atomic E-state index is 12.3. The summed E-state index contributed by atoms with van der Waals surface area (Å²) in [5, 5.41) is 2.07. The van der Waals surface area contributed by atoms with Crippen molar-refractivity contribution in [2.45, 2.75) is 31.7 Å². The summed E-state index contributed by atoms with van der Waals surface area (Å²) < 4.78 is 33.5. The van der Waals surface area contributed by atoms with Crippen molar-refractivity contribution in [2.75, 3.05) is 20.7 Å². The molecule has 0 aliphatic rings. The van der Waals surface area contributed by atoms with Crippen LogP contribution in [0.4, 0.5) is 5.69 Å². The van der Waals surface area contributed by atoms with Crippen LogP contribution in [0.25, 0.3) is 11.3 Å². The van der Waals surface area contributed by atoms with Crippen LogP contribution in [-0.4, -0.2) is 38.0 Å². The number of ether oxygens (including phenoxy) is 1. The molecule has 0 saturated carbocycles. The summed E-state index contributed by atoms with van der Waals surface area (Å²) in [5.74, 6) is 0.831. The summed E-state index contributed by atoms with van der Waals surface area (Å²) in [7, 11) is -0.372. The lowest BCUT2D eigenvalue weighted by molar-refractivity contribution is 0.340. The third-order valence-corrected chi connectivity index (χ3v) is 7.24. The molecular weight excluding hydrogens is 418 g/mol. The predicted octanol–water partition coefficient (Wildman–Crippen LogP) is 4.51. The highest BCUT2D eigenvalue weighted by molar-refractivity contribution is 7.89. The van der Waals surface area contributed by atoms with E-state index < -0.39 is 10.0 Å². The fourth-order valence-electron chi connectivity index (χ4n) is 2.99. The fraction of sp³-hybridized carbons (Fsp3) is 0.318. The minimum atomic E-state index is -3.44. The molecule has 0 fully saturated rings. The largest absolute Gasteiger partial charge is 0.494 e. The van der Waals surface area contributed by atoms with Gasteiger partial charge in [0.2, 0.25) is 10.0 Å². The molecule has 8 heteroatoms. The zero-order valence-corrected chi connectivity index (χ0v) is 19.3. The normalized spacial score (nSPS) is 12.5. The van der Waals surface area contributed by atoms with Crippen molar-refractivity contribution < 1.29 is 13.2 Å². The third kappa shape index (κ3) is 4.83. The van der Waals surface area contributed by atoms with Gasteiger partial charge in [-0.15, -0.1) is 11.3 Å². The molecule has 0 spiro atoms. The molecule has 30 heavy (non-hydrogen) atoms. The molecule has 2 aromatic carbocycles. The summed E-state index contributed by atoms with van der Waals surface area (Å²) in [4.78, 5) is 6.00. The molecule has 0 aliphatic heterocycles. The molecule has 0 unspecified atom stereocenters. The zero-order valence-electron chi connectivity index (χ0n) is 17.7. The van der Waals surface area contributed by atoms with Crippen molar-refractivity contribution in [2.24, 2.45) is 4.99 Å². The maximum Gasteiger partial charge on any atom is 0.242 e. The van der Waals surface area contributed by atoms with Gasteiger partial charge in [-0.25, -0.2) is 17.7 Å². The van der Waals surface area contributed by atoms with E-state index in [0.717, 1.165) is 40.5 Å². The van der Waals surface area contributed by atoms with Crippen molar-refractivity contribution >= 4 is 27.0 Å². The minimum absolute atomic E-state index is 0.285. The van der Waals surface area contributed by atoms with Gasteiger partial charge in [-0.2, -0.15) is 0 Å². The molecule has 6 nitrogen and oxygen atoms in total. The van der Waals surface area contributed by atoms with Crippen LogP contribution in [0.3, 0.4) is 0 Å². The Morgan fingerprint density at radius 2 is 1.70 bits per heavy atom. The van der Waals surface area contributed by atoms with E-state index >= 15 is 0 Å². The van der Waals surface area contributed by atoms with E-state index in [4.69, 9.17) is 9.73 Å². The Balaban J connectivity index is 1.98. The average molecular weight is 446 g/mol. The third-order valence-electron chi connectivity index (χ3n) is 4.55. The van der Waals surface area contributed by atoms with E-state index in [0.29, 0.717) is 6.61 Å². The van der Waals surface area contributed by atoms with Crippen LogP contribution < -0.4 is 9.54 Å². The number of nitrogens with zero attached hydrogens (tertiary/aromatic N) is 3. The van der Waals surface area contributed by atoms with Gasteiger partial charge in [-0.1, -0.05) is 19.1 Å². The average Bonchev–Trinajstić information content (AvgIpc) is 3.12. The number of sulfonamides is 1. The van der Waals surface area contributed by atoms with Crippen molar-refractivity contribution in [3.63, 3.8) is 0 Å². The summed E-state index contributed by atoms with van der Waals surface area (Å²) in [6.45, 7) is 5.55. The van der Waals surface area contributed by atoms with Gasteiger partial charge < -0.3 is 9.30 Å². The van der Waals surface area contributed by atoms with E-state index in [1.165, 1.54) is 18.4 Å². The summed E-state index contributed by atoms with van der Waals surface area (Å²) >= 11 is 1.57. The highest BCUT2D eigenvalue weighted by atomic mass is 32.2. The van der Waals surface area contributed by atoms with Gasteiger partial charge in [-0.05, 0) is 55.3 Å². The van der Waals surface area contributed by atoms with Crippen LogP contribution in [0.1, 0.15) is 20.3 Å². The van der Waals surface area contributed by atoms with Crippen LogP contribution >= 0.6 is 11.3 Å². The molecule has 1 aromatic heterocycles. The number of hydrogen-bond donors (Lipinski definition) is 0. The molecule has 0 amide bonds. The first-order chi connectivity index (χ1) is 14.4. The van der Waals surface area contributed by atoms with Gasteiger partial charge in [0.1, 0.15) is 5.75 Å². The van der Waals surface area contributed by atoms with Crippen molar-refractivity contribution in [3.05, 3.63) is 58.7 Å². The SMILES string of the molecule is CCCn1c(-c2ccc(S(=O)(=O)N(C)C)cc2)csc1=Nc1ccc(OCC)cc1. The molecule has 3 rings (SSSR count). The Morgan fingerprint density at radius 3 is 2.27 bits per heavy atom. The molecule has 0 atom stereocenters. The molecule has 0 bridgehead atoms. The second-order valence-electron chi connectivity index (χ2n) is 6.91. The number of aromatic nitrogens is 1. The number of hydrogen-bond acceptors (Lipinski definition) is 5. The Morgan fingerprint density at radius 1 is 1.03 bits per heavy atom. The van der Waals surface area contributed by atoms with Crippen LogP contribution in [0.2, 0.25) is 0 Å². The van der Waals surface area contributed by atoms with Crippen LogP contribution in [0.5, 0.6) is 5.75 Å². The highest BCUT2D eigenvalue weighted by Gasteiger charge is 2.17. The van der Waals surface area contributed by atoms with Crippen LogP contribution in [0.15, 0.2) is 63.8 Å². The van der Waals surface area contributed by atoms with Gasteiger partial charge >= 0.3 is 0 Å². The minimum Gasteiger partial charge on any atom is -0.494 e. The Labute approximate surface area is 182 Å². The quantitative estimate of drug-likeness (QED) is 0.512. The van der Waals surface area contributed by atoms with Gasteiger partial charge in [0.05, 0.1) is 22.9 Å². The number of benzene rings is 2. The fourth-order valence-corrected chi connectivity index (χ4v) is 4.85. The summed E-state index contributed by atoms with van der Waals surface area (Å²) in [6.07, 6.45) is 0.966. The highest BCUT2D eigenvalue weighted by Crippen LogP contribution is 2.24. The molecular formula is C22H27N3O3S2. The van der Waals surface area contributed by atoms with E-state index in [9.17, 15) is 8.42 Å². The molecule has 0 saturated heterocycles. The van der Waals surface area contributed by atoms with E-state index in [2.05, 4.69) is 16.9 Å². The summed E-state index contributed by atoms with van der Waals surface area (Å²) in [6, 6.07) is 14.7. The summed E-state index contributed by atoms with van der Waals surface area (Å²) in [5.41, 5.74) is 2.86. The first kappa shape index (κ1) is 22.3. The topological polar surface area (TPSA) is 63.9 Å². The molecule has 0 N–H and O–H groups in total. The second-order valence-corrected chi connectivity index (χ2v) is 9.89. The molecule has 0 aliphatic carbocycles. The molecule has 0 radical (unpaired) electrons. The molecule has 1 heterocycles. The maximum absolute atomic E-state index is 12.3. The first-order valence-electron chi connectivity index (χ1n) is 9.85. The first-order valence-corrected chi connectivity index (χ1v) is 12.2. The Bertz CT molecular complexity index is 1140. The number of rotatable bonds is 8. The van der Waals surface area contributed by atoms with Crippen molar-refractivity contribution in [3.8, 4) is 17.0 Å². The predicted molar refractivity (Wildman–Crippen MR) is 122 cm³/mol. The van der Waals surface area contributed by atoms with E-state index in [1.807, 2.05) is 43.3 Å². The van der Waals surface area contributed by atoms with Gasteiger partial charge in [0.25, 0.3) is 0 Å². The van der Waals surface area contributed by atoms with Crippen LogP contribution in [-0.2, 0) is 16.6 Å². The smallest absolute Gasteiger partial charge is 0.242 e. The van der Waals surface area contributed by atoms with Crippen molar-refractivity contribution in [1.29, 1.82) is 0 Å². The number of thiazole rings is 1. The lowest BCUT2D eigenvalue weighted by Crippen LogP contribution is -2.22. The zero-order chi connectivity index (χ0) is 21.7. The van der Waals surface area contributed by atoms with Crippen LogP contribution in [0, 0.1) is 0 Å². The second kappa shape index (κ2) is 9.59. The standard InChI is InChI=1S/C22H27N3O3S2/c1-5-15-25-21(17-7-13-20(14-8-17)30(26,27)24(3)4)16-29-22(25)23-18-9-11-19(12-10-18)28-6-2/h7-14,16H,5-6,15H2,1-4H3. The van der Waals surface area contributed by atoms with E-state index in [-0.39, 0.29) is 4.90 Å². The monoisotopic (exact) mass is 445 g/mol. The Hall–Kier alpha value is -2.42. The van der Waals surface area contributed by atoms with Crippen molar-refractivity contribution in [1.82, 2.24) is 8.87 Å². The van der Waals surface area contributed by atoms with Gasteiger partial charge in [-0.3, -0.25) is 0 Å². The lowest BCUT2D eigenvalue weighted by atomic mass is 10.2. The lowest BCUT2D eigenvalue weighted by Gasteiger charge is -2.12. The molecule has 3 aromatic rings. The van der Waals surface area contributed by atoms with Gasteiger partial charge in [0, 0.05) is 26.0 Å². The Kier molecular flexibility index (Phi) is 7.12. The van der Waals surface area contributed by atoms with E-state index in [1.54, 1.807) is 23.5 Å². The van der Waals surface area contributed by atoms with Gasteiger partial charge in [0.15, 0.2) is 4.80 Å². The molecule has 160 valence electrons.